The summed E-state index contributed by atoms with van der Waals surface area (Å²) in [5.41, 5.74) is 3.52. The zero-order valence-corrected chi connectivity index (χ0v) is 11.3. The first kappa shape index (κ1) is 14.4. The van der Waals surface area contributed by atoms with E-state index in [0.717, 1.165) is 31.4 Å². The highest BCUT2D eigenvalue weighted by molar-refractivity contribution is 5.18. The van der Waals surface area contributed by atoms with Crippen LogP contribution in [0.15, 0.2) is 24.3 Å². The zero-order valence-electron chi connectivity index (χ0n) is 11.3. The molecule has 2 atom stereocenters. The molecule has 0 aliphatic carbocycles. The van der Waals surface area contributed by atoms with Gasteiger partial charge in [0.15, 0.2) is 0 Å². The Balaban J connectivity index is 1.75. The lowest BCUT2D eigenvalue weighted by atomic mass is 9.99. The van der Waals surface area contributed by atoms with Crippen LogP contribution in [0.3, 0.4) is 0 Å². The van der Waals surface area contributed by atoms with Gasteiger partial charge in [0.1, 0.15) is 5.82 Å². The van der Waals surface area contributed by atoms with E-state index in [1.165, 1.54) is 18.9 Å². The minimum Gasteiger partial charge on any atom is -0.378 e. The van der Waals surface area contributed by atoms with Crippen LogP contribution in [0.1, 0.15) is 37.7 Å². The Bertz CT molecular complexity index is 380. The van der Waals surface area contributed by atoms with Crippen molar-refractivity contribution in [2.45, 2.75) is 50.7 Å². The first-order valence-electron chi connectivity index (χ1n) is 7.10. The van der Waals surface area contributed by atoms with Crippen LogP contribution < -0.4 is 11.3 Å². The fourth-order valence-corrected chi connectivity index (χ4v) is 2.64. The topological polar surface area (TPSA) is 47.3 Å². The molecule has 0 bridgehead atoms. The Morgan fingerprint density at radius 1 is 1.42 bits per heavy atom. The van der Waals surface area contributed by atoms with Gasteiger partial charge in [-0.25, -0.2) is 4.39 Å². The summed E-state index contributed by atoms with van der Waals surface area (Å²) in [5, 5.41) is 0. The molecule has 4 heteroatoms. The third-order valence-corrected chi connectivity index (χ3v) is 3.76. The molecule has 0 spiro atoms. The average Bonchev–Trinajstić information content (AvgIpc) is 2.93. The highest BCUT2D eigenvalue weighted by Crippen LogP contribution is 2.19. The van der Waals surface area contributed by atoms with Crippen molar-refractivity contribution in [2.24, 2.45) is 5.84 Å². The van der Waals surface area contributed by atoms with Crippen LogP contribution in [-0.4, -0.2) is 18.8 Å². The minimum atomic E-state index is -0.151. The van der Waals surface area contributed by atoms with Crippen LogP contribution in [-0.2, 0) is 11.2 Å². The summed E-state index contributed by atoms with van der Waals surface area (Å²) in [6, 6.07) is 7.01. The number of hydrogen-bond acceptors (Lipinski definition) is 3. The molecule has 2 rings (SSSR count). The summed E-state index contributed by atoms with van der Waals surface area (Å²) >= 11 is 0. The highest BCUT2D eigenvalue weighted by Gasteiger charge is 2.16. The van der Waals surface area contributed by atoms with Gasteiger partial charge in [-0.2, -0.15) is 0 Å². The molecule has 0 radical (unpaired) electrons. The maximum atomic E-state index is 13.6. The van der Waals surface area contributed by atoms with Crippen molar-refractivity contribution in [3.05, 3.63) is 35.6 Å². The van der Waals surface area contributed by atoms with Gasteiger partial charge < -0.3 is 4.74 Å². The standard InChI is InChI=1S/C15H23FN2O/c16-15-9-2-1-5-12(15)11-13(18-17)6-3-7-14-8-4-10-19-14/h1-2,5,9,13-14,18H,3-4,6-8,10-11,17H2. The fraction of sp³-hybridized carbons (Fsp3) is 0.600. The molecule has 0 aromatic heterocycles. The van der Waals surface area contributed by atoms with Crippen molar-refractivity contribution in [3.8, 4) is 0 Å². The van der Waals surface area contributed by atoms with Crippen molar-refractivity contribution >= 4 is 0 Å². The third-order valence-electron chi connectivity index (χ3n) is 3.76. The monoisotopic (exact) mass is 266 g/mol. The lowest BCUT2D eigenvalue weighted by Gasteiger charge is -2.17. The molecular weight excluding hydrogens is 243 g/mol. The smallest absolute Gasteiger partial charge is 0.126 e. The van der Waals surface area contributed by atoms with Crippen molar-refractivity contribution in [1.82, 2.24) is 5.43 Å². The van der Waals surface area contributed by atoms with Gasteiger partial charge in [0.05, 0.1) is 6.10 Å². The van der Waals surface area contributed by atoms with Crippen LogP contribution in [0, 0.1) is 5.82 Å². The second-order valence-corrected chi connectivity index (χ2v) is 5.23. The third kappa shape index (κ3) is 4.56. The Kier molecular flexibility index (Phi) is 5.76. The maximum absolute atomic E-state index is 13.6. The highest BCUT2D eigenvalue weighted by atomic mass is 19.1. The minimum absolute atomic E-state index is 0.123. The van der Waals surface area contributed by atoms with Crippen molar-refractivity contribution in [2.75, 3.05) is 6.61 Å². The largest absolute Gasteiger partial charge is 0.378 e. The van der Waals surface area contributed by atoms with E-state index in [0.29, 0.717) is 12.5 Å². The summed E-state index contributed by atoms with van der Waals surface area (Å²) < 4.78 is 19.2. The van der Waals surface area contributed by atoms with Gasteiger partial charge in [0.2, 0.25) is 0 Å². The Morgan fingerprint density at radius 3 is 2.95 bits per heavy atom. The van der Waals surface area contributed by atoms with E-state index >= 15 is 0 Å². The van der Waals surface area contributed by atoms with Gasteiger partial charge >= 0.3 is 0 Å². The Morgan fingerprint density at radius 2 is 2.26 bits per heavy atom. The predicted molar refractivity (Wildman–Crippen MR) is 74.0 cm³/mol. The Hall–Kier alpha value is -0.970. The van der Waals surface area contributed by atoms with E-state index in [4.69, 9.17) is 10.6 Å². The van der Waals surface area contributed by atoms with Crippen molar-refractivity contribution in [3.63, 3.8) is 0 Å². The lowest BCUT2D eigenvalue weighted by Crippen LogP contribution is -2.37. The molecule has 106 valence electrons. The molecule has 1 saturated heterocycles. The number of halogens is 1. The molecule has 2 unspecified atom stereocenters. The predicted octanol–water partition coefficient (Wildman–Crippen LogP) is 2.55. The molecule has 1 aliphatic rings. The van der Waals surface area contributed by atoms with Crippen LogP contribution in [0.25, 0.3) is 0 Å². The van der Waals surface area contributed by atoms with E-state index in [1.54, 1.807) is 6.07 Å². The maximum Gasteiger partial charge on any atom is 0.126 e. The van der Waals surface area contributed by atoms with Crippen LogP contribution in [0.2, 0.25) is 0 Å². The number of rotatable bonds is 7. The molecular formula is C15H23FN2O. The van der Waals surface area contributed by atoms with Gasteiger partial charge in [-0.05, 0) is 50.2 Å². The van der Waals surface area contributed by atoms with Crippen LogP contribution >= 0.6 is 0 Å². The summed E-state index contributed by atoms with van der Waals surface area (Å²) in [4.78, 5) is 0. The van der Waals surface area contributed by atoms with Crippen LogP contribution in [0.5, 0.6) is 0 Å². The molecule has 19 heavy (non-hydrogen) atoms. The zero-order chi connectivity index (χ0) is 13.5. The number of nitrogens with two attached hydrogens (primary N) is 1. The summed E-state index contributed by atoms with van der Waals surface area (Å²) in [6.07, 6.45) is 6.50. The molecule has 1 aliphatic heterocycles. The van der Waals surface area contributed by atoms with Crippen LogP contribution in [0.4, 0.5) is 4.39 Å². The quantitative estimate of drug-likeness (QED) is 0.589. The van der Waals surface area contributed by atoms with E-state index in [2.05, 4.69) is 5.43 Å². The molecule has 3 nitrogen and oxygen atoms in total. The second kappa shape index (κ2) is 7.58. The van der Waals surface area contributed by atoms with E-state index in [9.17, 15) is 4.39 Å². The Labute approximate surface area is 114 Å². The van der Waals surface area contributed by atoms with E-state index in [-0.39, 0.29) is 11.9 Å². The lowest BCUT2D eigenvalue weighted by molar-refractivity contribution is 0.101. The summed E-state index contributed by atoms with van der Waals surface area (Å²) in [5.74, 6) is 5.41. The number of benzene rings is 1. The van der Waals surface area contributed by atoms with E-state index in [1.807, 2.05) is 12.1 Å². The normalized spacial score (nSPS) is 20.6. The van der Waals surface area contributed by atoms with Gasteiger partial charge in [0.25, 0.3) is 0 Å². The SMILES string of the molecule is NNC(CCCC1CCCO1)Cc1ccccc1F. The number of hydrogen-bond donors (Lipinski definition) is 2. The second-order valence-electron chi connectivity index (χ2n) is 5.23. The molecule has 1 heterocycles. The first-order chi connectivity index (χ1) is 9.29. The number of nitrogens with one attached hydrogen (secondary N) is 1. The fourth-order valence-electron chi connectivity index (χ4n) is 2.64. The van der Waals surface area contributed by atoms with Crippen molar-refractivity contribution in [1.29, 1.82) is 0 Å². The number of hydrazine groups is 1. The number of ether oxygens (including phenoxy) is 1. The molecule has 1 fully saturated rings. The van der Waals surface area contributed by atoms with Gasteiger partial charge in [0, 0.05) is 12.6 Å². The summed E-state index contributed by atoms with van der Waals surface area (Å²) in [7, 11) is 0. The first-order valence-corrected chi connectivity index (χ1v) is 7.10. The molecule has 3 N–H and O–H groups in total. The molecule has 1 aromatic rings. The molecule has 0 saturated carbocycles. The van der Waals surface area contributed by atoms with Crippen molar-refractivity contribution < 1.29 is 9.13 Å². The van der Waals surface area contributed by atoms with E-state index < -0.39 is 0 Å². The average molecular weight is 266 g/mol. The van der Waals surface area contributed by atoms with Gasteiger partial charge in [-0.3, -0.25) is 11.3 Å². The van der Waals surface area contributed by atoms with Gasteiger partial charge in [-0.15, -0.1) is 0 Å². The van der Waals surface area contributed by atoms with Gasteiger partial charge in [-0.1, -0.05) is 18.2 Å². The molecule has 1 aromatic carbocycles. The molecule has 0 amide bonds. The summed E-state index contributed by atoms with van der Waals surface area (Å²) in [6.45, 7) is 0.901.